The fraction of sp³-hybridized carbons (Fsp3) is 0.348. The summed E-state index contributed by atoms with van der Waals surface area (Å²) < 4.78 is 0. The van der Waals surface area contributed by atoms with Crippen molar-refractivity contribution in [1.82, 2.24) is 4.98 Å². The largest absolute Gasteiger partial charge is 0.252 e. The minimum Gasteiger partial charge on any atom is -0.252 e. The molecule has 2 aromatic carbocycles. The molecule has 1 nitrogen and oxygen atoms in total. The third-order valence-corrected chi connectivity index (χ3v) is 4.85. The number of pyridine rings is 1. The van der Waals surface area contributed by atoms with Gasteiger partial charge in [-0.15, -0.1) is 0 Å². The van der Waals surface area contributed by atoms with E-state index in [0.29, 0.717) is 11.8 Å². The van der Waals surface area contributed by atoms with Crippen LogP contribution in [0.2, 0.25) is 0 Å². The van der Waals surface area contributed by atoms with Crippen LogP contribution in [0.3, 0.4) is 0 Å². The van der Waals surface area contributed by atoms with Crippen molar-refractivity contribution in [3.63, 3.8) is 0 Å². The molecule has 0 fully saturated rings. The Balaban J connectivity index is 2.03. The molecule has 1 heteroatoms. The SMILES string of the molecule is CC(C)Cc1cc2c3c(ccc(CC(C)C)c3n1)-c1ccccc1-2. The monoisotopic (exact) mass is 315 g/mol. The van der Waals surface area contributed by atoms with Gasteiger partial charge in [-0.3, -0.25) is 4.98 Å². The van der Waals surface area contributed by atoms with E-state index in [4.69, 9.17) is 4.98 Å². The van der Waals surface area contributed by atoms with Crippen LogP contribution in [0, 0.1) is 11.8 Å². The third kappa shape index (κ3) is 2.43. The zero-order valence-electron chi connectivity index (χ0n) is 15.1. The van der Waals surface area contributed by atoms with Crippen molar-refractivity contribution in [3.8, 4) is 22.3 Å². The summed E-state index contributed by atoms with van der Waals surface area (Å²) in [7, 11) is 0. The summed E-state index contributed by atoms with van der Waals surface area (Å²) in [6, 6.07) is 15.7. The molecule has 4 rings (SSSR count). The van der Waals surface area contributed by atoms with E-state index in [-0.39, 0.29) is 0 Å². The van der Waals surface area contributed by atoms with Gasteiger partial charge in [0.1, 0.15) is 0 Å². The van der Waals surface area contributed by atoms with Gasteiger partial charge < -0.3 is 0 Å². The topological polar surface area (TPSA) is 12.9 Å². The van der Waals surface area contributed by atoms with Gasteiger partial charge in [0.2, 0.25) is 0 Å². The van der Waals surface area contributed by atoms with E-state index in [1.54, 1.807) is 0 Å². The molecule has 1 aromatic heterocycles. The minimum atomic E-state index is 0.621. The van der Waals surface area contributed by atoms with E-state index < -0.39 is 0 Å². The van der Waals surface area contributed by atoms with Crippen molar-refractivity contribution in [3.05, 3.63) is 53.7 Å². The molecule has 0 N–H and O–H groups in total. The summed E-state index contributed by atoms with van der Waals surface area (Å²) >= 11 is 0. The van der Waals surface area contributed by atoms with Gasteiger partial charge in [0.25, 0.3) is 0 Å². The van der Waals surface area contributed by atoms with Crippen LogP contribution in [0.1, 0.15) is 39.0 Å². The molecular formula is C23H25N. The van der Waals surface area contributed by atoms with Crippen molar-refractivity contribution in [2.45, 2.75) is 40.5 Å². The second kappa shape index (κ2) is 5.73. The molecule has 3 aromatic rings. The molecule has 0 saturated heterocycles. The van der Waals surface area contributed by atoms with E-state index in [1.807, 2.05) is 0 Å². The Labute approximate surface area is 144 Å². The number of hydrogen-bond acceptors (Lipinski definition) is 1. The normalized spacial score (nSPS) is 12.4. The zero-order chi connectivity index (χ0) is 16.8. The molecule has 0 amide bonds. The van der Waals surface area contributed by atoms with Gasteiger partial charge >= 0.3 is 0 Å². The van der Waals surface area contributed by atoms with Gasteiger partial charge in [0.05, 0.1) is 5.52 Å². The summed E-state index contributed by atoms with van der Waals surface area (Å²) in [6.45, 7) is 9.11. The zero-order valence-corrected chi connectivity index (χ0v) is 15.1. The molecule has 0 bridgehead atoms. The van der Waals surface area contributed by atoms with E-state index >= 15 is 0 Å². The van der Waals surface area contributed by atoms with Crippen molar-refractivity contribution < 1.29 is 0 Å². The second-order valence-electron chi connectivity index (χ2n) is 7.90. The molecule has 0 atom stereocenters. The predicted molar refractivity (Wildman–Crippen MR) is 103 cm³/mol. The average molecular weight is 315 g/mol. The van der Waals surface area contributed by atoms with Gasteiger partial charge in [-0.1, -0.05) is 64.1 Å². The van der Waals surface area contributed by atoms with E-state index in [0.717, 1.165) is 12.8 Å². The quantitative estimate of drug-likeness (QED) is 0.432. The van der Waals surface area contributed by atoms with E-state index in [9.17, 15) is 0 Å². The maximum atomic E-state index is 5.11. The van der Waals surface area contributed by atoms with Crippen LogP contribution in [0.15, 0.2) is 42.5 Å². The molecule has 0 spiro atoms. The van der Waals surface area contributed by atoms with Gasteiger partial charge in [-0.25, -0.2) is 0 Å². The maximum Gasteiger partial charge on any atom is 0.0749 e. The Morgan fingerprint density at radius 1 is 0.750 bits per heavy atom. The highest BCUT2D eigenvalue weighted by Gasteiger charge is 2.24. The summed E-state index contributed by atoms with van der Waals surface area (Å²) in [6.07, 6.45) is 2.13. The molecule has 122 valence electrons. The maximum absolute atomic E-state index is 5.11. The highest BCUT2D eigenvalue weighted by molar-refractivity contribution is 6.14. The Kier molecular flexibility index (Phi) is 3.68. The van der Waals surface area contributed by atoms with Crippen LogP contribution in [-0.2, 0) is 12.8 Å². The van der Waals surface area contributed by atoms with Crippen LogP contribution in [-0.4, -0.2) is 4.98 Å². The van der Waals surface area contributed by atoms with Crippen LogP contribution in [0.5, 0.6) is 0 Å². The van der Waals surface area contributed by atoms with Crippen LogP contribution in [0.25, 0.3) is 33.2 Å². The van der Waals surface area contributed by atoms with Gasteiger partial charge in [-0.05, 0) is 58.6 Å². The van der Waals surface area contributed by atoms with Crippen LogP contribution >= 0.6 is 0 Å². The lowest BCUT2D eigenvalue weighted by atomic mass is 9.95. The minimum absolute atomic E-state index is 0.621. The lowest BCUT2D eigenvalue weighted by Crippen LogP contribution is -2.01. The Morgan fingerprint density at radius 3 is 2.08 bits per heavy atom. The predicted octanol–water partition coefficient (Wildman–Crippen LogP) is 6.28. The van der Waals surface area contributed by atoms with Crippen molar-refractivity contribution in [1.29, 1.82) is 0 Å². The fourth-order valence-electron chi connectivity index (χ4n) is 3.97. The second-order valence-corrected chi connectivity index (χ2v) is 7.90. The number of benzene rings is 2. The standard InChI is InChI=1S/C23H25N/c1-14(2)11-16-9-10-20-18-7-5-6-8-19(18)21-13-17(12-15(3)4)24-23(16)22(20)21/h5-10,13-15H,11-12H2,1-4H3. The Morgan fingerprint density at radius 2 is 1.42 bits per heavy atom. The number of fused-ring (bicyclic) bond motifs is 3. The van der Waals surface area contributed by atoms with Gasteiger partial charge in [0, 0.05) is 11.1 Å². The van der Waals surface area contributed by atoms with E-state index in [2.05, 4.69) is 70.2 Å². The molecule has 1 aliphatic carbocycles. The number of aromatic nitrogens is 1. The van der Waals surface area contributed by atoms with Crippen molar-refractivity contribution in [2.75, 3.05) is 0 Å². The van der Waals surface area contributed by atoms with Gasteiger partial charge in [0.15, 0.2) is 0 Å². The highest BCUT2D eigenvalue weighted by Crippen LogP contribution is 2.47. The lowest BCUT2D eigenvalue weighted by molar-refractivity contribution is 0.635. The summed E-state index contributed by atoms with van der Waals surface area (Å²) in [5, 5.41) is 1.36. The molecule has 1 heterocycles. The summed E-state index contributed by atoms with van der Waals surface area (Å²) in [5.41, 5.74) is 9.31. The molecular weight excluding hydrogens is 290 g/mol. The molecule has 1 aliphatic rings. The van der Waals surface area contributed by atoms with Crippen LogP contribution in [0.4, 0.5) is 0 Å². The first-order valence-electron chi connectivity index (χ1n) is 9.10. The first-order chi connectivity index (χ1) is 11.5. The van der Waals surface area contributed by atoms with E-state index in [1.165, 1.54) is 44.4 Å². The smallest absolute Gasteiger partial charge is 0.0749 e. The fourth-order valence-corrected chi connectivity index (χ4v) is 3.97. The average Bonchev–Trinajstić information content (AvgIpc) is 2.84. The van der Waals surface area contributed by atoms with Crippen molar-refractivity contribution in [2.24, 2.45) is 11.8 Å². The first kappa shape index (κ1) is 15.4. The summed E-state index contributed by atoms with van der Waals surface area (Å²) in [4.78, 5) is 5.11. The number of hydrogen-bond donors (Lipinski definition) is 0. The molecule has 0 radical (unpaired) electrons. The number of nitrogens with zero attached hydrogens (tertiary/aromatic N) is 1. The Hall–Kier alpha value is -2.15. The highest BCUT2D eigenvalue weighted by atomic mass is 14.7. The molecule has 0 aliphatic heterocycles. The molecule has 24 heavy (non-hydrogen) atoms. The van der Waals surface area contributed by atoms with Crippen molar-refractivity contribution >= 4 is 10.9 Å². The van der Waals surface area contributed by atoms with Gasteiger partial charge in [-0.2, -0.15) is 0 Å². The Bertz CT molecular complexity index is 919. The molecule has 0 saturated carbocycles. The molecule has 0 unspecified atom stereocenters. The lowest BCUT2D eigenvalue weighted by Gasteiger charge is -2.13. The number of rotatable bonds is 4. The van der Waals surface area contributed by atoms with Crippen LogP contribution < -0.4 is 0 Å². The third-order valence-electron chi connectivity index (χ3n) is 4.85. The first-order valence-corrected chi connectivity index (χ1v) is 9.10. The summed E-state index contributed by atoms with van der Waals surface area (Å²) in [5.74, 6) is 1.26.